The number of hydrogen-bond acceptors (Lipinski definition) is 4. The van der Waals surface area contributed by atoms with E-state index >= 15 is 0 Å². The van der Waals surface area contributed by atoms with Crippen LogP contribution in [0.2, 0.25) is 0 Å². The zero-order valence-corrected chi connectivity index (χ0v) is 16.5. The first kappa shape index (κ1) is 19.6. The third-order valence-corrected chi connectivity index (χ3v) is 6.96. The van der Waals surface area contributed by atoms with Crippen LogP contribution in [0.5, 0.6) is 0 Å². The van der Waals surface area contributed by atoms with Crippen molar-refractivity contribution < 1.29 is 22.4 Å². The highest BCUT2D eigenvalue weighted by molar-refractivity contribution is 7.91. The van der Waals surface area contributed by atoms with Crippen LogP contribution in [0.25, 0.3) is 0 Å². The fourth-order valence-corrected chi connectivity index (χ4v) is 4.76. The molecule has 1 heterocycles. The molecule has 0 spiro atoms. The molecule has 0 saturated heterocycles. The summed E-state index contributed by atoms with van der Waals surface area (Å²) < 4.78 is 38.9. The molecule has 6 nitrogen and oxygen atoms in total. The van der Waals surface area contributed by atoms with Crippen LogP contribution >= 0.6 is 0 Å². The van der Waals surface area contributed by atoms with Gasteiger partial charge in [-0.05, 0) is 55.2 Å². The lowest BCUT2D eigenvalue weighted by Crippen LogP contribution is -2.30. The Balaban J connectivity index is 1.42. The number of anilines is 2. The second-order valence-corrected chi connectivity index (χ2v) is 9.51. The van der Waals surface area contributed by atoms with Crippen LogP contribution in [-0.4, -0.2) is 32.5 Å². The van der Waals surface area contributed by atoms with E-state index in [2.05, 4.69) is 5.32 Å². The molecule has 1 fully saturated rings. The number of nitrogens with zero attached hydrogens (tertiary/aromatic N) is 1. The van der Waals surface area contributed by atoms with E-state index in [4.69, 9.17) is 0 Å². The first-order valence-corrected chi connectivity index (χ1v) is 11.2. The molecule has 1 aliphatic carbocycles. The molecule has 2 aromatic carbocycles. The third kappa shape index (κ3) is 4.17. The molecule has 4 rings (SSSR count). The summed E-state index contributed by atoms with van der Waals surface area (Å²) in [5, 5.41) is 2.39. The number of amides is 2. The first-order chi connectivity index (χ1) is 13.8. The van der Waals surface area contributed by atoms with Crippen molar-refractivity contribution in [2.24, 2.45) is 5.92 Å². The summed E-state index contributed by atoms with van der Waals surface area (Å²) in [5.74, 6) is -1.30. The minimum absolute atomic E-state index is 0.0212. The number of carbonyl (C=O) groups excluding carboxylic acids is 2. The van der Waals surface area contributed by atoms with Crippen LogP contribution in [0.3, 0.4) is 0 Å². The van der Waals surface area contributed by atoms with Crippen LogP contribution < -0.4 is 10.2 Å². The number of halogens is 1. The summed E-state index contributed by atoms with van der Waals surface area (Å²) in [6.07, 6.45) is 2.18. The molecule has 1 aliphatic heterocycles. The lowest BCUT2D eigenvalue weighted by molar-refractivity contribution is -0.119. The summed E-state index contributed by atoms with van der Waals surface area (Å²) in [7, 11) is -3.68. The maximum Gasteiger partial charge on any atom is 0.230 e. The van der Waals surface area contributed by atoms with Gasteiger partial charge in [-0.15, -0.1) is 0 Å². The molecule has 0 bridgehead atoms. The smallest absolute Gasteiger partial charge is 0.230 e. The molecule has 2 aromatic rings. The summed E-state index contributed by atoms with van der Waals surface area (Å²) in [6, 6.07) is 10.5. The van der Waals surface area contributed by atoms with Gasteiger partial charge in [0.05, 0.1) is 16.3 Å². The van der Waals surface area contributed by atoms with Gasteiger partial charge in [-0.1, -0.05) is 12.1 Å². The van der Waals surface area contributed by atoms with Crippen molar-refractivity contribution in [1.82, 2.24) is 0 Å². The van der Waals surface area contributed by atoms with E-state index in [1.165, 1.54) is 24.3 Å². The Morgan fingerprint density at radius 3 is 2.62 bits per heavy atom. The highest BCUT2D eigenvalue weighted by atomic mass is 32.2. The maximum absolute atomic E-state index is 13.6. The van der Waals surface area contributed by atoms with E-state index in [9.17, 15) is 22.4 Å². The SMILES string of the molecule is O=C(CCS(=O)(=O)c1ccc2c(c1)CCN2C(=O)C1CC1)Nc1ccccc1F. The van der Waals surface area contributed by atoms with Crippen molar-refractivity contribution in [2.75, 3.05) is 22.5 Å². The van der Waals surface area contributed by atoms with Gasteiger partial charge in [-0.25, -0.2) is 12.8 Å². The van der Waals surface area contributed by atoms with E-state index in [-0.39, 0.29) is 34.6 Å². The number of benzene rings is 2. The summed E-state index contributed by atoms with van der Waals surface area (Å²) in [5.41, 5.74) is 1.63. The van der Waals surface area contributed by atoms with E-state index in [1.54, 1.807) is 23.1 Å². The van der Waals surface area contributed by atoms with Crippen molar-refractivity contribution >= 4 is 33.0 Å². The Morgan fingerprint density at radius 2 is 1.90 bits per heavy atom. The second kappa shape index (κ2) is 7.59. The van der Waals surface area contributed by atoms with Crippen LogP contribution in [0.4, 0.5) is 15.8 Å². The molecule has 8 heteroatoms. The van der Waals surface area contributed by atoms with Gasteiger partial charge in [0.15, 0.2) is 9.84 Å². The van der Waals surface area contributed by atoms with E-state index < -0.39 is 21.6 Å². The quantitative estimate of drug-likeness (QED) is 0.785. The zero-order valence-electron chi connectivity index (χ0n) is 15.7. The minimum Gasteiger partial charge on any atom is -0.324 e. The lowest BCUT2D eigenvalue weighted by Gasteiger charge is -2.17. The minimum atomic E-state index is -3.68. The molecule has 0 aromatic heterocycles. The normalized spacial score (nSPS) is 15.8. The maximum atomic E-state index is 13.6. The number of carbonyl (C=O) groups is 2. The Morgan fingerprint density at radius 1 is 1.14 bits per heavy atom. The lowest BCUT2D eigenvalue weighted by atomic mass is 10.2. The van der Waals surface area contributed by atoms with Crippen molar-refractivity contribution in [1.29, 1.82) is 0 Å². The van der Waals surface area contributed by atoms with Gasteiger partial charge < -0.3 is 10.2 Å². The zero-order chi connectivity index (χ0) is 20.6. The van der Waals surface area contributed by atoms with Gasteiger partial charge in [0.1, 0.15) is 5.82 Å². The van der Waals surface area contributed by atoms with Gasteiger partial charge in [-0.2, -0.15) is 0 Å². The monoisotopic (exact) mass is 416 g/mol. The Hall–Kier alpha value is -2.74. The van der Waals surface area contributed by atoms with E-state index in [0.29, 0.717) is 13.0 Å². The summed E-state index contributed by atoms with van der Waals surface area (Å²) in [6.45, 7) is 0.569. The van der Waals surface area contributed by atoms with Crippen LogP contribution in [0.1, 0.15) is 24.8 Å². The molecular weight excluding hydrogens is 395 g/mol. The van der Waals surface area contributed by atoms with Gasteiger partial charge in [-0.3, -0.25) is 9.59 Å². The summed E-state index contributed by atoms with van der Waals surface area (Å²) in [4.78, 5) is 26.2. The first-order valence-electron chi connectivity index (χ1n) is 9.56. The number of para-hydroxylation sites is 1. The number of rotatable bonds is 6. The summed E-state index contributed by atoms with van der Waals surface area (Å²) >= 11 is 0. The number of nitrogens with one attached hydrogen (secondary N) is 1. The molecule has 2 amide bonds. The average molecular weight is 416 g/mol. The van der Waals surface area contributed by atoms with Crippen LogP contribution in [0.15, 0.2) is 47.4 Å². The Labute approximate surface area is 168 Å². The van der Waals surface area contributed by atoms with Crippen molar-refractivity contribution in [3.05, 3.63) is 53.8 Å². The van der Waals surface area contributed by atoms with Crippen molar-refractivity contribution in [3.63, 3.8) is 0 Å². The van der Waals surface area contributed by atoms with Crippen molar-refractivity contribution in [2.45, 2.75) is 30.6 Å². The predicted molar refractivity (Wildman–Crippen MR) is 107 cm³/mol. The van der Waals surface area contributed by atoms with E-state index in [1.807, 2.05) is 0 Å². The molecule has 1 saturated carbocycles. The Kier molecular flexibility index (Phi) is 5.12. The standard InChI is InChI=1S/C21H21FN2O4S/c22-17-3-1-2-4-18(17)23-20(25)10-12-29(27,28)16-7-8-19-15(13-16)9-11-24(19)21(26)14-5-6-14/h1-4,7-8,13-14H,5-6,9-12H2,(H,23,25). The predicted octanol–water partition coefficient (Wildman–Crippen LogP) is 2.93. The van der Waals surface area contributed by atoms with E-state index in [0.717, 1.165) is 24.1 Å². The highest BCUT2D eigenvalue weighted by Gasteiger charge is 2.36. The number of sulfone groups is 1. The van der Waals surface area contributed by atoms with Gasteiger partial charge in [0, 0.05) is 24.6 Å². The topological polar surface area (TPSA) is 83.6 Å². The average Bonchev–Trinajstić information content (AvgIpc) is 3.47. The molecular formula is C21H21FN2O4S. The third-order valence-electron chi connectivity index (χ3n) is 5.24. The second-order valence-electron chi connectivity index (χ2n) is 7.40. The molecule has 0 atom stereocenters. The van der Waals surface area contributed by atoms with Crippen LogP contribution in [0, 0.1) is 11.7 Å². The van der Waals surface area contributed by atoms with Gasteiger partial charge in [0.25, 0.3) is 0 Å². The molecule has 0 radical (unpaired) electrons. The highest BCUT2D eigenvalue weighted by Crippen LogP contribution is 2.37. The molecule has 2 aliphatic rings. The largest absolute Gasteiger partial charge is 0.324 e. The number of fused-ring (bicyclic) bond motifs is 1. The van der Waals surface area contributed by atoms with Crippen LogP contribution in [-0.2, 0) is 25.8 Å². The molecule has 152 valence electrons. The number of hydrogen-bond donors (Lipinski definition) is 1. The molecule has 0 unspecified atom stereocenters. The van der Waals surface area contributed by atoms with Crippen molar-refractivity contribution in [3.8, 4) is 0 Å². The fraction of sp³-hybridized carbons (Fsp3) is 0.333. The van der Waals surface area contributed by atoms with Gasteiger partial charge >= 0.3 is 0 Å². The van der Waals surface area contributed by atoms with Gasteiger partial charge in [0.2, 0.25) is 11.8 Å². The fourth-order valence-electron chi connectivity index (χ4n) is 3.47. The Bertz CT molecular complexity index is 1080. The molecule has 1 N–H and O–H groups in total. The molecule has 29 heavy (non-hydrogen) atoms.